The lowest BCUT2D eigenvalue weighted by Crippen LogP contribution is -1.95. The molecule has 0 aromatic carbocycles. The second-order valence-electron chi connectivity index (χ2n) is 2.80. The van der Waals surface area contributed by atoms with Crippen molar-refractivity contribution in [1.29, 1.82) is 0 Å². The van der Waals surface area contributed by atoms with Gasteiger partial charge in [-0.25, -0.2) is 0 Å². The normalized spacial score (nSPS) is 10.4. The van der Waals surface area contributed by atoms with Gasteiger partial charge in [-0.3, -0.25) is 9.48 Å². The molecule has 2 heterocycles. The van der Waals surface area contributed by atoms with Crippen LogP contribution in [0, 0.1) is 0 Å². The maximum Gasteiger partial charge on any atom is 0.169 e. The monoisotopic (exact) mass is 254 g/mol. The number of aromatic nitrogens is 2. The predicted molar refractivity (Wildman–Crippen MR) is 54.0 cm³/mol. The largest absolute Gasteiger partial charge is 0.448 e. The highest BCUT2D eigenvalue weighted by molar-refractivity contribution is 9.10. The van der Waals surface area contributed by atoms with Crippen LogP contribution in [0.25, 0.3) is 11.5 Å². The van der Waals surface area contributed by atoms with E-state index < -0.39 is 0 Å². The number of halogens is 1. The van der Waals surface area contributed by atoms with Gasteiger partial charge < -0.3 is 4.42 Å². The van der Waals surface area contributed by atoms with Crippen molar-refractivity contribution in [3.05, 3.63) is 28.6 Å². The van der Waals surface area contributed by atoms with Gasteiger partial charge in [-0.1, -0.05) is 0 Å². The van der Waals surface area contributed by atoms with Crippen LogP contribution in [0.4, 0.5) is 0 Å². The van der Waals surface area contributed by atoms with E-state index in [4.69, 9.17) is 4.42 Å². The lowest BCUT2D eigenvalue weighted by molar-refractivity contribution is 0.111. The Morgan fingerprint density at radius 2 is 2.36 bits per heavy atom. The van der Waals surface area contributed by atoms with Gasteiger partial charge in [0.1, 0.15) is 11.4 Å². The van der Waals surface area contributed by atoms with Crippen molar-refractivity contribution >= 4 is 22.2 Å². The first-order valence-electron chi connectivity index (χ1n) is 3.95. The van der Waals surface area contributed by atoms with E-state index in [9.17, 15) is 4.79 Å². The zero-order valence-electron chi connectivity index (χ0n) is 7.40. The van der Waals surface area contributed by atoms with E-state index in [2.05, 4.69) is 21.0 Å². The number of hydrogen-bond donors (Lipinski definition) is 0. The van der Waals surface area contributed by atoms with Crippen LogP contribution in [0.15, 0.2) is 27.3 Å². The molecule has 2 aromatic heterocycles. The first-order valence-corrected chi connectivity index (χ1v) is 4.75. The molecule has 0 aliphatic rings. The average molecular weight is 255 g/mol. The summed E-state index contributed by atoms with van der Waals surface area (Å²) in [7, 11) is 1.71. The third-order valence-electron chi connectivity index (χ3n) is 1.86. The Balaban J connectivity index is 2.47. The third-order valence-corrected chi connectivity index (χ3v) is 2.29. The number of carbonyl (C=O) groups is 1. The summed E-state index contributed by atoms with van der Waals surface area (Å²) in [6.45, 7) is 0. The minimum atomic E-state index is 0.521. The molecule has 0 aliphatic heterocycles. The Morgan fingerprint density at radius 3 is 2.86 bits per heavy atom. The van der Waals surface area contributed by atoms with E-state index in [1.807, 2.05) is 0 Å². The topological polar surface area (TPSA) is 48.0 Å². The predicted octanol–water partition coefficient (Wildman–Crippen LogP) is 2.26. The highest BCUT2D eigenvalue weighted by atomic mass is 79.9. The summed E-state index contributed by atoms with van der Waals surface area (Å²) < 4.78 is 7.46. The van der Waals surface area contributed by atoms with E-state index in [1.165, 1.54) is 4.68 Å². The molecule has 0 radical (unpaired) electrons. The minimum absolute atomic E-state index is 0.521. The molecule has 72 valence electrons. The summed E-state index contributed by atoms with van der Waals surface area (Å²) in [5.41, 5.74) is 1.17. The van der Waals surface area contributed by atoms with Gasteiger partial charge >= 0.3 is 0 Å². The number of nitrogens with zero attached hydrogens (tertiary/aromatic N) is 2. The van der Waals surface area contributed by atoms with Gasteiger partial charge in [0, 0.05) is 7.05 Å². The second kappa shape index (κ2) is 3.42. The summed E-state index contributed by atoms with van der Waals surface area (Å²) in [4.78, 5) is 10.6. The molecule has 0 saturated carbocycles. The van der Waals surface area contributed by atoms with Crippen molar-refractivity contribution in [1.82, 2.24) is 9.78 Å². The summed E-state index contributed by atoms with van der Waals surface area (Å²) in [6, 6.07) is 5.25. The minimum Gasteiger partial charge on any atom is -0.448 e. The molecule has 0 fully saturated rings. The van der Waals surface area contributed by atoms with Crippen LogP contribution < -0.4 is 0 Å². The summed E-state index contributed by atoms with van der Waals surface area (Å²) in [6.07, 6.45) is 0.758. The first kappa shape index (κ1) is 9.21. The number of carbonyl (C=O) groups excluding carboxylic acids is 1. The number of hydrogen-bond acceptors (Lipinski definition) is 3. The maximum atomic E-state index is 10.6. The standard InChI is InChI=1S/C9H7BrN2O2/c1-12-6(5-13)4-7(11-12)8-2-3-9(10)14-8/h2-5H,1H3. The fourth-order valence-electron chi connectivity index (χ4n) is 1.16. The van der Waals surface area contributed by atoms with Gasteiger partial charge in [0.25, 0.3) is 0 Å². The van der Waals surface area contributed by atoms with Crippen molar-refractivity contribution in [2.24, 2.45) is 7.05 Å². The highest BCUT2D eigenvalue weighted by Crippen LogP contribution is 2.23. The van der Waals surface area contributed by atoms with E-state index in [1.54, 1.807) is 25.2 Å². The molecular weight excluding hydrogens is 248 g/mol. The molecule has 14 heavy (non-hydrogen) atoms. The Hall–Kier alpha value is -1.36. The van der Waals surface area contributed by atoms with Gasteiger partial charge in [-0.15, -0.1) is 0 Å². The summed E-state index contributed by atoms with van der Waals surface area (Å²) >= 11 is 3.20. The molecular formula is C9H7BrN2O2. The van der Waals surface area contributed by atoms with Crippen LogP contribution >= 0.6 is 15.9 Å². The molecule has 2 rings (SSSR count). The summed E-state index contributed by atoms with van der Waals surface area (Å²) in [5.74, 6) is 0.639. The Morgan fingerprint density at radius 1 is 1.57 bits per heavy atom. The van der Waals surface area contributed by atoms with Gasteiger partial charge in [0.2, 0.25) is 0 Å². The molecule has 5 heteroatoms. The molecule has 0 atom stereocenters. The number of rotatable bonds is 2. The molecule has 0 N–H and O–H groups in total. The molecule has 0 aliphatic carbocycles. The lowest BCUT2D eigenvalue weighted by Gasteiger charge is -1.88. The smallest absolute Gasteiger partial charge is 0.169 e. The lowest BCUT2D eigenvalue weighted by atomic mass is 10.3. The number of aryl methyl sites for hydroxylation is 1. The summed E-state index contributed by atoms with van der Waals surface area (Å²) in [5, 5.41) is 4.14. The molecule has 4 nitrogen and oxygen atoms in total. The van der Waals surface area contributed by atoms with Crippen molar-refractivity contribution in [2.75, 3.05) is 0 Å². The zero-order chi connectivity index (χ0) is 10.1. The molecule has 0 saturated heterocycles. The van der Waals surface area contributed by atoms with Gasteiger partial charge in [-0.05, 0) is 34.1 Å². The van der Waals surface area contributed by atoms with Crippen LogP contribution in [0.3, 0.4) is 0 Å². The SMILES string of the molecule is Cn1nc(-c2ccc(Br)o2)cc1C=O. The first-order chi connectivity index (χ1) is 6.70. The Bertz CT molecular complexity index is 473. The molecule has 0 bridgehead atoms. The van der Waals surface area contributed by atoms with E-state index >= 15 is 0 Å². The molecule has 2 aromatic rings. The van der Waals surface area contributed by atoms with Crippen LogP contribution in [-0.2, 0) is 7.05 Å². The van der Waals surface area contributed by atoms with E-state index in [0.29, 0.717) is 21.8 Å². The van der Waals surface area contributed by atoms with Gasteiger partial charge in [0.15, 0.2) is 16.7 Å². The molecule has 0 unspecified atom stereocenters. The highest BCUT2D eigenvalue weighted by Gasteiger charge is 2.09. The van der Waals surface area contributed by atoms with Crippen molar-refractivity contribution < 1.29 is 9.21 Å². The number of aldehydes is 1. The van der Waals surface area contributed by atoms with Crippen LogP contribution in [-0.4, -0.2) is 16.1 Å². The number of furan rings is 1. The maximum absolute atomic E-state index is 10.6. The fourth-order valence-corrected chi connectivity index (χ4v) is 1.47. The van der Waals surface area contributed by atoms with Crippen molar-refractivity contribution in [3.63, 3.8) is 0 Å². The van der Waals surface area contributed by atoms with Crippen LogP contribution in [0.2, 0.25) is 0 Å². The van der Waals surface area contributed by atoms with Crippen LogP contribution in [0.1, 0.15) is 10.5 Å². The van der Waals surface area contributed by atoms with Gasteiger partial charge in [-0.2, -0.15) is 5.10 Å². The molecule has 0 spiro atoms. The zero-order valence-corrected chi connectivity index (χ0v) is 8.98. The van der Waals surface area contributed by atoms with Gasteiger partial charge in [0.05, 0.1) is 0 Å². The van der Waals surface area contributed by atoms with Crippen molar-refractivity contribution in [3.8, 4) is 11.5 Å². The van der Waals surface area contributed by atoms with E-state index in [0.717, 1.165) is 6.29 Å². The third kappa shape index (κ3) is 1.50. The second-order valence-corrected chi connectivity index (χ2v) is 3.58. The Kier molecular flexibility index (Phi) is 2.25. The fraction of sp³-hybridized carbons (Fsp3) is 0.111. The van der Waals surface area contributed by atoms with E-state index in [-0.39, 0.29) is 0 Å². The van der Waals surface area contributed by atoms with Crippen molar-refractivity contribution in [2.45, 2.75) is 0 Å². The quantitative estimate of drug-likeness (QED) is 0.773. The average Bonchev–Trinajstić information content (AvgIpc) is 2.71. The Labute approximate surface area is 88.6 Å². The molecule has 0 amide bonds. The van der Waals surface area contributed by atoms with Crippen LogP contribution in [0.5, 0.6) is 0 Å².